The van der Waals surface area contributed by atoms with E-state index in [0.717, 1.165) is 16.8 Å². The highest BCUT2D eigenvalue weighted by atomic mass is 16.1. The summed E-state index contributed by atoms with van der Waals surface area (Å²) in [5.74, 6) is 0. The lowest BCUT2D eigenvalue weighted by molar-refractivity contribution is 1.03. The summed E-state index contributed by atoms with van der Waals surface area (Å²) in [6.45, 7) is 2.31. The van der Waals surface area contributed by atoms with E-state index in [2.05, 4.69) is 9.97 Å². The SMILES string of the molecule is Cc1cc(-c2cccc(CN)c2)nc(=O)[nH]1. The van der Waals surface area contributed by atoms with Crippen molar-refractivity contribution in [3.63, 3.8) is 0 Å². The van der Waals surface area contributed by atoms with Crippen molar-refractivity contribution >= 4 is 0 Å². The zero-order valence-corrected chi connectivity index (χ0v) is 9.03. The molecule has 1 aromatic heterocycles. The maximum atomic E-state index is 11.2. The predicted molar refractivity (Wildman–Crippen MR) is 62.9 cm³/mol. The van der Waals surface area contributed by atoms with Gasteiger partial charge in [-0.3, -0.25) is 0 Å². The normalized spacial score (nSPS) is 10.4. The second-order valence-electron chi connectivity index (χ2n) is 3.66. The van der Waals surface area contributed by atoms with Crippen LogP contribution in [0, 0.1) is 6.92 Å². The quantitative estimate of drug-likeness (QED) is 0.790. The summed E-state index contributed by atoms with van der Waals surface area (Å²) in [6, 6.07) is 9.57. The molecule has 2 rings (SSSR count). The summed E-state index contributed by atoms with van der Waals surface area (Å²) in [5, 5.41) is 0. The Bertz CT molecular complexity index is 560. The first-order valence-electron chi connectivity index (χ1n) is 5.06. The third-order valence-corrected chi connectivity index (χ3v) is 2.34. The molecule has 0 spiro atoms. The topological polar surface area (TPSA) is 71.8 Å². The van der Waals surface area contributed by atoms with E-state index in [0.29, 0.717) is 12.2 Å². The maximum Gasteiger partial charge on any atom is 0.345 e. The van der Waals surface area contributed by atoms with Crippen LogP contribution in [0.15, 0.2) is 35.1 Å². The number of aromatic nitrogens is 2. The van der Waals surface area contributed by atoms with Gasteiger partial charge >= 0.3 is 5.69 Å². The first kappa shape index (κ1) is 10.6. The van der Waals surface area contributed by atoms with Crippen LogP contribution in [0.4, 0.5) is 0 Å². The van der Waals surface area contributed by atoms with Gasteiger partial charge in [0, 0.05) is 17.8 Å². The number of nitrogens with zero attached hydrogens (tertiary/aromatic N) is 1. The van der Waals surface area contributed by atoms with Gasteiger partial charge in [-0.15, -0.1) is 0 Å². The summed E-state index contributed by atoms with van der Waals surface area (Å²) in [4.78, 5) is 17.8. The van der Waals surface area contributed by atoms with Crippen LogP contribution in [0.5, 0.6) is 0 Å². The van der Waals surface area contributed by atoms with Gasteiger partial charge < -0.3 is 10.7 Å². The van der Waals surface area contributed by atoms with Crippen molar-refractivity contribution in [2.24, 2.45) is 5.73 Å². The Hall–Kier alpha value is -1.94. The molecule has 0 saturated heterocycles. The summed E-state index contributed by atoms with van der Waals surface area (Å²) in [5.41, 5.74) is 8.66. The molecule has 4 nitrogen and oxygen atoms in total. The molecular weight excluding hydrogens is 202 g/mol. The zero-order chi connectivity index (χ0) is 11.5. The lowest BCUT2D eigenvalue weighted by Crippen LogP contribution is -2.12. The molecule has 0 unspecified atom stereocenters. The van der Waals surface area contributed by atoms with Crippen LogP contribution in [0.25, 0.3) is 11.3 Å². The molecule has 0 radical (unpaired) electrons. The second-order valence-corrected chi connectivity index (χ2v) is 3.66. The molecule has 3 N–H and O–H groups in total. The van der Waals surface area contributed by atoms with Crippen molar-refractivity contribution < 1.29 is 0 Å². The highest BCUT2D eigenvalue weighted by molar-refractivity contribution is 5.59. The minimum absolute atomic E-state index is 0.326. The van der Waals surface area contributed by atoms with E-state index in [1.807, 2.05) is 37.3 Å². The minimum atomic E-state index is -0.326. The van der Waals surface area contributed by atoms with Gasteiger partial charge in [0.1, 0.15) is 0 Å². The third kappa shape index (κ3) is 2.17. The molecule has 1 aromatic carbocycles. The number of rotatable bonds is 2. The van der Waals surface area contributed by atoms with Gasteiger partial charge in [-0.1, -0.05) is 18.2 Å². The number of H-pyrrole nitrogens is 1. The van der Waals surface area contributed by atoms with Gasteiger partial charge in [-0.25, -0.2) is 4.79 Å². The number of hydrogen-bond acceptors (Lipinski definition) is 3. The summed E-state index contributed by atoms with van der Waals surface area (Å²) < 4.78 is 0. The Morgan fingerprint density at radius 1 is 1.38 bits per heavy atom. The average Bonchev–Trinajstić information content (AvgIpc) is 2.28. The fourth-order valence-corrected chi connectivity index (χ4v) is 1.58. The van der Waals surface area contributed by atoms with Gasteiger partial charge in [0.2, 0.25) is 0 Å². The van der Waals surface area contributed by atoms with Crippen molar-refractivity contribution in [1.82, 2.24) is 9.97 Å². The fraction of sp³-hybridized carbons (Fsp3) is 0.167. The van der Waals surface area contributed by atoms with Crippen molar-refractivity contribution in [2.75, 3.05) is 0 Å². The van der Waals surface area contributed by atoms with Gasteiger partial charge in [0.05, 0.1) is 5.69 Å². The molecule has 82 valence electrons. The Balaban J connectivity index is 2.53. The van der Waals surface area contributed by atoms with E-state index >= 15 is 0 Å². The van der Waals surface area contributed by atoms with Gasteiger partial charge in [-0.05, 0) is 24.6 Å². The Morgan fingerprint density at radius 2 is 2.19 bits per heavy atom. The Morgan fingerprint density at radius 3 is 2.88 bits per heavy atom. The first-order chi connectivity index (χ1) is 7.69. The number of aryl methyl sites for hydroxylation is 1. The van der Waals surface area contributed by atoms with E-state index in [1.54, 1.807) is 0 Å². The van der Waals surface area contributed by atoms with Crippen molar-refractivity contribution in [3.8, 4) is 11.3 Å². The van der Waals surface area contributed by atoms with Crippen LogP contribution >= 0.6 is 0 Å². The minimum Gasteiger partial charge on any atom is -0.326 e. The number of aromatic amines is 1. The average molecular weight is 215 g/mol. The van der Waals surface area contributed by atoms with Crippen LogP contribution < -0.4 is 11.4 Å². The highest BCUT2D eigenvalue weighted by Crippen LogP contribution is 2.17. The smallest absolute Gasteiger partial charge is 0.326 e. The van der Waals surface area contributed by atoms with Crippen molar-refractivity contribution in [3.05, 3.63) is 52.1 Å². The molecule has 4 heteroatoms. The highest BCUT2D eigenvalue weighted by Gasteiger charge is 2.02. The molecular formula is C12H13N3O. The molecule has 0 amide bonds. The fourth-order valence-electron chi connectivity index (χ4n) is 1.58. The lowest BCUT2D eigenvalue weighted by atomic mass is 10.1. The van der Waals surface area contributed by atoms with Crippen molar-refractivity contribution in [2.45, 2.75) is 13.5 Å². The zero-order valence-electron chi connectivity index (χ0n) is 9.03. The summed E-state index contributed by atoms with van der Waals surface area (Å²) >= 11 is 0. The van der Waals surface area contributed by atoms with Gasteiger partial charge in [0.15, 0.2) is 0 Å². The molecule has 1 heterocycles. The first-order valence-corrected chi connectivity index (χ1v) is 5.06. The standard InChI is InChI=1S/C12H13N3O/c1-8-5-11(15-12(16)14-8)10-4-2-3-9(6-10)7-13/h2-6H,7,13H2,1H3,(H,14,15,16). The second kappa shape index (κ2) is 4.28. The van der Waals surface area contributed by atoms with Crippen LogP contribution in [-0.2, 0) is 6.54 Å². The maximum absolute atomic E-state index is 11.2. The van der Waals surface area contributed by atoms with E-state index < -0.39 is 0 Å². The molecule has 2 aromatic rings. The molecule has 0 bridgehead atoms. The van der Waals surface area contributed by atoms with E-state index in [-0.39, 0.29) is 5.69 Å². The molecule has 0 aliphatic rings. The monoisotopic (exact) mass is 215 g/mol. The summed E-state index contributed by atoms with van der Waals surface area (Å²) in [6.07, 6.45) is 0. The largest absolute Gasteiger partial charge is 0.345 e. The lowest BCUT2D eigenvalue weighted by Gasteiger charge is -2.03. The van der Waals surface area contributed by atoms with E-state index in [9.17, 15) is 4.79 Å². The molecule has 0 atom stereocenters. The summed E-state index contributed by atoms with van der Waals surface area (Å²) in [7, 11) is 0. The van der Waals surface area contributed by atoms with Crippen molar-refractivity contribution in [1.29, 1.82) is 0 Å². The number of nitrogens with one attached hydrogen (secondary N) is 1. The van der Waals surface area contributed by atoms with Gasteiger partial charge in [-0.2, -0.15) is 4.98 Å². The number of benzene rings is 1. The van der Waals surface area contributed by atoms with Crippen LogP contribution in [0.3, 0.4) is 0 Å². The van der Waals surface area contributed by atoms with Crippen LogP contribution in [0.2, 0.25) is 0 Å². The van der Waals surface area contributed by atoms with Crippen LogP contribution in [-0.4, -0.2) is 9.97 Å². The molecule has 0 aliphatic carbocycles. The van der Waals surface area contributed by atoms with Crippen LogP contribution in [0.1, 0.15) is 11.3 Å². The predicted octanol–water partition coefficient (Wildman–Crippen LogP) is 1.20. The number of nitrogens with two attached hydrogens (primary N) is 1. The number of hydrogen-bond donors (Lipinski definition) is 2. The van der Waals surface area contributed by atoms with E-state index in [4.69, 9.17) is 5.73 Å². The third-order valence-electron chi connectivity index (χ3n) is 2.34. The molecule has 0 aliphatic heterocycles. The Kier molecular flexibility index (Phi) is 2.83. The Labute approximate surface area is 93.2 Å². The van der Waals surface area contributed by atoms with E-state index in [1.165, 1.54) is 0 Å². The van der Waals surface area contributed by atoms with Gasteiger partial charge in [0.25, 0.3) is 0 Å². The molecule has 16 heavy (non-hydrogen) atoms. The molecule has 0 saturated carbocycles. The molecule has 0 fully saturated rings.